The molecule has 1 heterocycles. The highest BCUT2D eigenvalue weighted by Crippen LogP contribution is 2.20. The molecule has 0 radical (unpaired) electrons. The Labute approximate surface area is 102 Å². The van der Waals surface area contributed by atoms with E-state index in [0.29, 0.717) is 6.04 Å². The highest BCUT2D eigenvalue weighted by atomic mass is 32.2. The maximum absolute atomic E-state index is 5.76. The van der Waals surface area contributed by atoms with E-state index in [9.17, 15) is 0 Å². The van der Waals surface area contributed by atoms with Crippen LogP contribution in [0.1, 0.15) is 12.8 Å². The van der Waals surface area contributed by atoms with Crippen molar-refractivity contribution < 1.29 is 0 Å². The van der Waals surface area contributed by atoms with Gasteiger partial charge < -0.3 is 5.73 Å². The van der Waals surface area contributed by atoms with Crippen LogP contribution in [0.15, 0.2) is 35.2 Å². The van der Waals surface area contributed by atoms with Crippen LogP contribution in [0, 0.1) is 0 Å². The maximum atomic E-state index is 5.76. The fraction of sp³-hybridized carbons (Fsp3) is 0.538. The second-order valence-electron chi connectivity index (χ2n) is 4.23. The lowest BCUT2D eigenvalue weighted by atomic mass is 10.2. The smallest absolute Gasteiger partial charge is 0.0219 e. The molecule has 16 heavy (non-hydrogen) atoms. The second-order valence-corrected chi connectivity index (χ2v) is 5.40. The van der Waals surface area contributed by atoms with Crippen LogP contribution in [-0.2, 0) is 0 Å². The first-order valence-corrected chi connectivity index (χ1v) is 7.00. The highest BCUT2D eigenvalue weighted by molar-refractivity contribution is 7.99. The normalized spacial score (nSPS) is 21.4. The van der Waals surface area contributed by atoms with E-state index < -0.39 is 0 Å². The predicted octanol–water partition coefficient (Wildman–Crippen LogP) is 2.20. The molecule has 0 amide bonds. The zero-order valence-electron chi connectivity index (χ0n) is 9.64. The second kappa shape index (κ2) is 6.28. The Kier molecular flexibility index (Phi) is 4.69. The Hall–Kier alpha value is -0.510. The van der Waals surface area contributed by atoms with E-state index in [1.165, 1.54) is 36.6 Å². The molecule has 88 valence electrons. The van der Waals surface area contributed by atoms with Crippen LogP contribution in [0.2, 0.25) is 0 Å². The molecule has 1 saturated heterocycles. The van der Waals surface area contributed by atoms with Gasteiger partial charge in [-0.2, -0.15) is 0 Å². The molecule has 1 aliphatic rings. The lowest BCUT2D eigenvalue weighted by Crippen LogP contribution is -2.36. The minimum Gasteiger partial charge on any atom is -0.329 e. The van der Waals surface area contributed by atoms with Gasteiger partial charge in [0.15, 0.2) is 0 Å². The standard InChI is InChI=1S/C13H20N2S/c14-11-12-5-4-8-15(12)9-10-16-13-6-2-1-3-7-13/h1-3,6-7,12H,4-5,8-11,14H2. The van der Waals surface area contributed by atoms with Crippen molar-refractivity contribution in [2.45, 2.75) is 23.8 Å². The summed E-state index contributed by atoms with van der Waals surface area (Å²) >= 11 is 1.94. The molecule has 2 rings (SSSR count). The Morgan fingerprint density at radius 3 is 2.88 bits per heavy atom. The summed E-state index contributed by atoms with van der Waals surface area (Å²) in [7, 11) is 0. The molecule has 1 unspecified atom stereocenters. The first kappa shape index (κ1) is 12.0. The van der Waals surface area contributed by atoms with Gasteiger partial charge >= 0.3 is 0 Å². The van der Waals surface area contributed by atoms with Crippen LogP contribution in [-0.4, -0.2) is 36.3 Å². The van der Waals surface area contributed by atoms with Crippen LogP contribution in [0.25, 0.3) is 0 Å². The van der Waals surface area contributed by atoms with Crippen molar-refractivity contribution in [3.8, 4) is 0 Å². The molecule has 2 N–H and O–H groups in total. The van der Waals surface area contributed by atoms with E-state index in [1.54, 1.807) is 0 Å². The largest absolute Gasteiger partial charge is 0.329 e. The summed E-state index contributed by atoms with van der Waals surface area (Å²) in [6, 6.07) is 11.2. The van der Waals surface area contributed by atoms with Crippen molar-refractivity contribution >= 4 is 11.8 Å². The van der Waals surface area contributed by atoms with Gasteiger partial charge in [-0.25, -0.2) is 0 Å². The number of rotatable bonds is 5. The van der Waals surface area contributed by atoms with Crippen LogP contribution in [0.4, 0.5) is 0 Å². The minimum absolute atomic E-state index is 0.636. The lowest BCUT2D eigenvalue weighted by molar-refractivity contribution is 0.275. The van der Waals surface area contributed by atoms with Crippen molar-refractivity contribution in [3.05, 3.63) is 30.3 Å². The van der Waals surface area contributed by atoms with Gasteiger partial charge in [-0.15, -0.1) is 11.8 Å². The van der Waals surface area contributed by atoms with Gasteiger partial charge in [0.05, 0.1) is 0 Å². The number of likely N-dealkylation sites (tertiary alicyclic amines) is 1. The average molecular weight is 236 g/mol. The molecule has 1 aliphatic heterocycles. The number of hydrogen-bond donors (Lipinski definition) is 1. The van der Waals surface area contributed by atoms with Crippen molar-refractivity contribution in [2.75, 3.05) is 25.4 Å². The Morgan fingerprint density at radius 1 is 1.31 bits per heavy atom. The SMILES string of the molecule is NCC1CCCN1CCSc1ccccc1. The first-order valence-electron chi connectivity index (χ1n) is 6.02. The molecule has 1 fully saturated rings. The van der Waals surface area contributed by atoms with Crippen molar-refractivity contribution in [1.29, 1.82) is 0 Å². The molecule has 0 aliphatic carbocycles. The van der Waals surface area contributed by atoms with Crippen LogP contribution < -0.4 is 5.73 Å². The summed E-state index contributed by atoms with van der Waals surface area (Å²) in [5.41, 5.74) is 5.76. The molecule has 0 bridgehead atoms. The molecule has 2 nitrogen and oxygen atoms in total. The Balaban J connectivity index is 1.72. The fourth-order valence-corrected chi connectivity index (χ4v) is 3.17. The lowest BCUT2D eigenvalue weighted by Gasteiger charge is -2.22. The number of thioether (sulfide) groups is 1. The predicted molar refractivity (Wildman–Crippen MR) is 70.8 cm³/mol. The van der Waals surface area contributed by atoms with Gasteiger partial charge in [0.25, 0.3) is 0 Å². The number of hydrogen-bond acceptors (Lipinski definition) is 3. The molecule has 0 saturated carbocycles. The van der Waals surface area contributed by atoms with Crippen molar-refractivity contribution in [1.82, 2.24) is 4.90 Å². The van der Waals surface area contributed by atoms with Crippen LogP contribution in [0.5, 0.6) is 0 Å². The third-order valence-electron chi connectivity index (χ3n) is 3.16. The fourth-order valence-electron chi connectivity index (χ4n) is 2.25. The molecule has 1 aromatic rings. The van der Waals surface area contributed by atoms with E-state index in [0.717, 1.165) is 6.54 Å². The summed E-state index contributed by atoms with van der Waals surface area (Å²) < 4.78 is 0. The van der Waals surface area contributed by atoms with E-state index >= 15 is 0 Å². The molecule has 1 atom stereocenters. The maximum Gasteiger partial charge on any atom is 0.0219 e. The van der Waals surface area contributed by atoms with Crippen molar-refractivity contribution in [3.63, 3.8) is 0 Å². The molecule has 1 aromatic carbocycles. The van der Waals surface area contributed by atoms with Gasteiger partial charge in [0.1, 0.15) is 0 Å². The number of nitrogens with two attached hydrogens (primary N) is 1. The van der Waals surface area contributed by atoms with Gasteiger partial charge in [0.2, 0.25) is 0 Å². The van der Waals surface area contributed by atoms with E-state index in [-0.39, 0.29) is 0 Å². The van der Waals surface area contributed by atoms with E-state index in [1.807, 2.05) is 11.8 Å². The zero-order chi connectivity index (χ0) is 11.2. The topological polar surface area (TPSA) is 29.3 Å². The molecule has 0 aromatic heterocycles. The van der Waals surface area contributed by atoms with Crippen LogP contribution in [0.3, 0.4) is 0 Å². The Bertz CT molecular complexity index is 302. The molecule has 0 spiro atoms. The quantitative estimate of drug-likeness (QED) is 0.795. The summed E-state index contributed by atoms with van der Waals surface area (Å²) in [5, 5.41) is 0. The van der Waals surface area contributed by atoms with Gasteiger partial charge in [-0.1, -0.05) is 18.2 Å². The summed E-state index contributed by atoms with van der Waals surface area (Å²) in [6.07, 6.45) is 2.60. The Morgan fingerprint density at radius 2 is 2.12 bits per heavy atom. The van der Waals surface area contributed by atoms with E-state index in [4.69, 9.17) is 5.73 Å². The molecular weight excluding hydrogens is 216 g/mol. The van der Waals surface area contributed by atoms with Crippen LogP contribution >= 0.6 is 11.8 Å². The van der Waals surface area contributed by atoms with Gasteiger partial charge in [-0.3, -0.25) is 4.90 Å². The monoisotopic (exact) mass is 236 g/mol. The van der Waals surface area contributed by atoms with Gasteiger partial charge in [-0.05, 0) is 31.5 Å². The summed E-state index contributed by atoms with van der Waals surface area (Å²) in [5.74, 6) is 1.17. The average Bonchev–Trinajstić information content (AvgIpc) is 2.78. The molecular formula is C13H20N2S. The zero-order valence-corrected chi connectivity index (χ0v) is 10.5. The molecule has 3 heteroatoms. The number of benzene rings is 1. The summed E-state index contributed by atoms with van der Waals surface area (Å²) in [6.45, 7) is 3.22. The van der Waals surface area contributed by atoms with Gasteiger partial charge in [0, 0.05) is 29.8 Å². The van der Waals surface area contributed by atoms with Crippen molar-refractivity contribution in [2.24, 2.45) is 5.73 Å². The van der Waals surface area contributed by atoms with E-state index in [2.05, 4.69) is 35.2 Å². The number of nitrogens with zero attached hydrogens (tertiary/aromatic N) is 1. The minimum atomic E-state index is 0.636. The third kappa shape index (κ3) is 3.24. The summed E-state index contributed by atoms with van der Waals surface area (Å²) in [4.78, 5) is 3.90. The third-order valence-corrected chi connectivity index (χ3v) is 4.15. The highest BCUT2D eigenvalue weighted by Gasteiger charge is 2.22. The first-order chi connectivity index (χ1) is 7.90.